The van der Waals surface area contributed by atoms with Gasteiger partial charge in [-0.3, -0.25) is 9.89 Å². The summed E-state index contributed by atoms with van der Waals surface area (Å²) < 4.78 is 5.39. The van der Waals surface area contributed by atoms with E-state index in [1.165, 1.54) is 0 Å². The summed E-state index contributed by atoms with van der Waals surface area (Å²) in [4.78, 5) is 7.14. The number of nitrogens with zero attached hydrogens (tertiary/aromatic N) is 2. The number of aliphatic imine (C=N–C) groups is 1. The molecule has 126 valence electrons. The van der Waals surface area contributed by atoms with Gasteiger partial charge in [0, 0.05) is 37.5 Å². The summed E-state index contributed by atoms with van der Waals surface area (Å²) in [6.07, 6.45) is 2.14. The average molecular weight is 430 g/mol. The number of rotatable bonds is 7. The smallest absolute Gasteiger partial charge is 0.191 e. The lowest BCUT2D eigenvalue weighted by Gasteiger charge is -2.31. The number of hydrogen-bond donors (Lipinski definition) is 2. The Morgan fingerprint density at radius 2 is 1.95 bits per heavy atom. The lowest BCUT2D eigenvalue weighted by molar-refractivity contribution is 0.0220. The molecule has 2 unspecified atom stereocenters. The maximum Gasteiger partial charge on any atom is 0.191 e. The number of hydrogen-bond acceptors (Lipinski definition) is 4. The lowest BCUT2D eigenvalue weighted by atomic mass is 10.2. The molecule has 1 saturated heterocycles. The maximum atomic E-state index is 5.39. The van der Waals surface area contributed by atoms with Crippen molar-refractivity contribution in [3.05, 3.63) is 0 Å². The fraction of sp³-hybridized carbons (Fsp3) is 0.929. The van der Waals surface area contributed by atoms with Crippen LogP contribution in [-0.4, -0.2) is 74.3 Å². The quantitative estimate of drug-likeness (QED) is 0.365. The summed E-state index contributed by atoms with van der Waals surface area (Å²) in [7, 11) is 0. The van der Waals surface area contributed by atoms with Crippen molar-refractivity contribution >= 4 is 41.7 Å². The van der Waals surface area contributed by atoms with Gasteiger partial charge < -0.3 is 15.4 Å². The van der Waals surface area contributed by atoms with Crippen molar-refractivity contribution in [3.8, 4) is 0 Å². The Labute approximate surface area is 151 Å². The van der Waals surface area contributed by atoms with Gasteiger partial charge in [-0.1, -0.05) is 6.92 Å². The first-order chi connectivity index (χ1) is 9.67. The van der Waals surface area contributed by atoms with E-state index in [0.29, 0.717) is 11.3 Å². The van der Waals surface area contributed by atoms with Crippen molar-refractivity contribution < 1.29 is 4.74 Å². The minimum atomic E-state index is 0. The third-order valence-electron chi connectivity index (χ3n) is 3.49. The molecule has 1 aliphatic rings. The van der Waals surface area contributed by atoms with Gasteiger partial charge in [0.25, 0.3) is 0 Å². The lowest BCUT2D eigenvalue weighted by Crippen LogP contribution is -2.45. The Bertz CT molecular complexity index is 288. The standard InChI is InChI=1S/C14H30N4OS.HI/c1-5-15-14(17-11-13(3)20-4)16-10-12(2)18-6-8-19-9-7-18;/h12-13H,5-11H2,1-4H3,(H2,15,16,17);1H. The molecule has 1 heterocycles. The molecule has 1 aliphatic heterocycles. The molecule has 1 rings (SSSR count). The molecule has 1 fully saturated rings. The summed E-state index contributed by atoms with van der Waals surface area (Å²) in [5.41, 5.74) is 0. The van der Waals surface area contributed by atoms with Gasteiger partial charge in [-0.15, -0.1) is 24.0 Å². The number of thioether (sulfide) groups is 1. The molecular formula is C14H31IN4OS. The van der Waals surface area contributed by atoms with E-state index in [9.17, 15) is 0 Å². The number of ether oxygens (including phenoxy) is 1. The minimum Gasteiger partial charge on any atom is -0.379 e. The molecule has 0 aromatic carbocycles. The Kier molecular flexibility index (Phi) is 12.9. The van der Waals surface area contributed by atoms with Crippen LogP contribution >= 0.6 is 35.7 Å². The van der Waals surface area contributed by atoms with Gasteiger partial charge in [0.15, 0.2) is 5.96 Å². The highest BCUT2D eigenvalue weighted by molar-refractivity contribution is 14.0. The monoisotopic (exact) mass is 430 g/mol. The van der Waals surface area contributed by atoms with E-state index < -0.39 is 0 Å². The number of morpholine rings is 1. The number of halogens is 1. The SMILES string of the molecule is CCNC(=NCC(C)N1CCOCC1)NCC(C)SC.I. The van der Waals surface area contributed by atoms with E-state index in [0.717, 1.165) is 51.9 Å². The molecule has 0 aromatic rings. The van der Waals surface area contributed by atoms with Gasteiger partial charge in [-0.25, -0.2) is 0 Å². The molecule has 0 aliphatic carbocycles. The third-order valence-corrected chi connectivity index (χ3v) is 4.46. The second kappa shape index (κ2) is 12.8. The number of guanidine groups is 1. The van der Waals surface area contributed by atoms with Crippen LogP contribution in [0.15, 0.2) is 4.99 Å². The summed E-state index contributed by atoms with van der Waals surface area (Å²) in [6.45, 7) is 12.9. The van der Waals surface area contributed by atoms with Crippen LogP contribution in [0.25, 0.3) is 0 Å². The molecule has 0 bridgehead atoms. The van der Waals surface area contributed by atoms with Crippen molar-refractivity contribution in [2.45, 2.75) is 32.1 Å². The highest BCUT2D eigenvalue weighted by Gasteiger charge is 2.16. The predicted molar refractivity (Wildman–Crippen MR) is 104 cm³/mol. The first-order valence-corrected chi connectivity index (χ1v) is 8.83. The third kappa shape index (κ3) is 9.10. The highest BCUT2D eigenvalue weighted by atomic mass is 127. The molecule has 5 nitrogen and oxygen atoms in total. The second-order valence-electron chi connectivity index (χ2n) is 5.14. The predicted octanol–water partition coefficient (Wildman–Crippen LogP) is 1.63. The molecule has 2 atom stereocenters. The zero-order chi connectivity index (χ0) is 14.8. The summed E-state index contributed by atoms with van der Waals surface area (Å²) in [5.74, 6) is 0.925. The zero-order valence-electron chi connectivity index (χ0n) is 13.7. The van der Waals surface area contributed by atoms with Crippen molar-refractivity contribution in [3.63, 3.8) is 0 Å². The largest absolute Gasteiger partial charge is 0.379 e. The maximum absolute atomic E-state index is 5.39. The van der Waals surface area contributed by atoms with Gasteiger partial charge in [0.1, 0.15) is 0 Å². The normalized spacial score (nSPS) is 19.5. The van der Waals surface area contributed by atoms with E-state index in [1.54, 1.807) is 0 Å². The highest BCUT2D eigenvalue weighted by Crippen LogP contribution is 2.04. The molecule has 21 heavy (non-hydrogen) atoms. The van der Waals surface area contributed by atoms with Crippen molar-refractivity contribution in [1.82, 2.24) is 15.5 Å². The Morgan fingerprint density at radius 1 is 1.29 bits per heavy atom. The van der Waals surface area contributed by atoms with Crippen molar-refractivity contribution in [2.24, 2.45) is 4.99 Å². The fourth-order valence-corrected chi connectivity index (χ4v) is 2.27. The van der Waals surface area contributed by atoms with Gasteiger partial charge in [0.2, 0.25) is 0 Å². The summed E-state index contributed by atoms with van der Waals surface area (Å²) in [5, 5.41) is 7.30. The van der Waals surface area contributed by atoms with Crippen molar-refractivity contribution in [1.29, 1.82) is 0 Å². The Morgan fingerprint density at radius 3 is 2.52 bits per heavy atom. The molecule has 0 spiro atoms. The molecule has 0 amide bonds. The fourth-order valence-electron chi connectivity index (χ4n) is 2.02. The topological polar surface area (TPSA) is 48.9 Å². The van der Waals surface area contributed by atoms with Gasteiger partial charge in [-0.2, -0.15) is 11.8 Å². The van der Waals surface area contributed by atoms with Crippen LogP contribution in [0.3, 0.4) is 0 Å². The first-order valence-electron chi connectivity index (χ1n) is 7.54. The van der Waals surface area contributed by atoms with Crippen LogP contribution in [0.2, 0.25) is 0 Å². The van der Waals surface area contributed by atoms with E-state index in [1.807, 2.05) is 11.8 Å². The van der Waals surface area contributed by atoms with E-state index in [-0.39, 0.29) is 24.0 Å². The van der Waals surface area contributed by atoms with E-state index in [2.05, 4.69) is 42.6 Å². The van der Waals surface area contributed by atoms with Crippen LogP contribution in [0.1, 0.15) is 20.8 Å². The minimum absolute atomic E-state index is 0. The molecule has 0 aromatic heterocycles. The van der Waals surface area contributed by atoms with Crippen LogP contribution in [0.4, 0.5) is 0 Å². The first kappa shape index (κ1) is 21.3. The average Bonchev–Trinajstić information content (AvgIpc) is 2.50. The Balaban J connectivity index is 0.00000400. The van der Waals surface area contributed by atoms with Crippen LogP contribution in [0, 0.1) is 0 Å². The van der Waals surface area contributed by atoms with E-state index in [4.69, 9.17) is 9.73 Å². The van der Waals surface area contributed by atoms with E-state index >= 15 is 0 Å². The zero-order valence-corrected chi connectivity index (χ0v) is 16.9. The summed E-state index contributed by atoms with van der Waals surface area (Å²) in [6, 6.07) is 0.465. The molecule has 0 saturated carbocycles. The van der Waals surface area contributed by atoms with Crippen LogP contribution in [-0.2, 0) is 4.74 Å². The Hall–Kier alpha value is 0.270. The van der Waals surface area contributed by atoms with Crippen LogP contribution < -0.4 is 10.6 Å². The number of nitrogens with one attached hydrogen (secondary N) is 2. The molecule has 7 heteroatoms. The molecule has 0 radical (unpaired) electrons. The summed E-state index contributed by atoms with van der Waals surface area (Å²) >= 11 is 1.86. The molecule has 2 N–H and O–H groups in total. The van der Waals surface area contributed by atoms with Crippen LogP contribution in [0.5, 0.6) is 0 Å². The van der Waals surface area contributed by atoms with Crippen molar-refractivity contribution in [2.75, 3.05) is 52.2 Å². The van der Waals surface area contributed by atoms with Gasteiger partial charge in [-0.05, 0) is 20.1 Å². The van der Waals surface area contributed by atoms with Gasteiger partial charge in [0.05, 0.1) is 19.8 Å². The van der Waals surface area contributed by atoms with Gasteiger partial charge >= 0.3 is 0 Å². The molecular weight excluding hydrogens is 399 g/mol. The second-order valence-corrected chi connectivity index (χ2v) is 6.42.